The molecular weight excluding hydrogens is 250 g/mol. The van der Waals surface area contributed by atoms with Gasteiger partial charge in [0.05, 0.1) is 11.1 Å². The number of aromatic nitrogens is 3. The second kappa shape index (κ2) is 3.99. The minimum absolute atomic E-state index is 0.458. The van der Waals surface area contributed by atoms with Crippen LogP contribution in [0.2, 0.25) is 0 Å². The molecule has 2 aromatic heterocycles. The number of rotatable bonds is 2. The van der Waals surface area contributed by atoms with Crippen molar-refractivity contribution in [2.45, 2.75) is 0 Å². The van der Waals surface area contributed by atoms with E-state index < -0.39 is 5.24 Å². The molecule has 1 aromatic carbocycles. The summed E-state index contributed by atoms with van der Waals surface area (Å²) in [5.41, 5.74) is 1.41. The molecule has 4 nitrogen and oxygen atoms in total. The second-order valence-electron chi connectivity index (χ2n) is 4.05. The molecule has 90 valence electrons. The van der Waals surface area contributed by atoms with Crippen LogP contribution in [0.3, 0.4) is 0 Å². The Balaban J connectivity index is 2.33. The number of aryl methyl sites for hydroxylation is 1. The van der Waals surface area contributed by atoms with Crippen molar-refractivity contribution < 1.29 is 4.79 Å². The molecular formula is C13H10ClN3O. The summed E-state index contributed by atoms with van der Waals surface area (Å²) in [7, 11) is 1.85. The average Bonchev–Trinajstić information content (AvgIpc) is 2.92. The van der Waals surface area contributed by atoms with E-state index in [1.165, 1.54) is 0 Å². The van der Waals surface area contributed by atoms with Crippen LogP contribution in [0.4, 0.5) is 0 Å². The Kier molecular flexibility index (Phi) is 2.45. The third kappa shape index (κ3) is 1.62. The topological polar surface area (TPSA) is 39.8 Å². The van der Waals surface area contributed by atoms with Gasteiger partial charge in [-0.1, -0.05) is 18.2 Å². The van der Waals surface area contributed by atoms with E-state index in [4.69, 9.17) is 11.6 Å². The molecule has 0 amide bonds. The highest BCUT2D eigenvalue weighted by atomic mass is 35.5. The van der Waals surface area contributed by atoms with Crippen molar-refractivity contribution in [1.82, 2.24) is 14.3 Å². The lowest BCUT2D eigenvalue weighted by Crippen LogP contribution is -1.95. The predicted octanol–water partition coefficient (Wildman–Crippen LogP) is 2.74. The maximum absolute atomic E-state index is 11.4. The highest BCUT2D eigenvalue weighted by Gasteiger charge is 2.14. The van der Waals surface area contributed by atoms with E-state index in [1.54, 1.807) is 10.9 Å². The van der Waals surface area contributed by atoms with E-state index >= 15 is 0 Å². The summed E-state index contributed by atoms with van der Waals surface area (Å²) < 4.78 is 3.58. The van der Waals surface area contributed by atoms with Crippen molar-refractivity contribution in [2.24, 2.45) is 7.05 Å². The molecule has 3 aromatic rings. The Morgan fingerprint density at radius 3 is 2.72 bits per heavy atom. The van der Waals surface area contributed by atoms with Crippen molar-refractivity contribution in [1.29, 1.82) is 0 Å². The van der Waals surface area contributed by atoms with Crippen LogP contribution in [-0.2, 0) is 7.05 Å². The van der Waals surface area contributed by atoms with Crippen LogP contribution in [0.1, 0.15) is 10.4 Å². The zero-order chi connectivity index (χ0) is 12.7. The number of fused-ring (bicyclic) bond motifs is 1. The number of carbonyl (C=O) groups excluding carboxylic acids is 1. The van der Waals surface area contributed by atoms with Crippen molar-refractivity contribution in [3.05, 3.63) is 48.3 Å². The molecule has 18 heavy (non-hydrogen) atoms. The normalized spacial score (nSPS) is 11.0. The maximum atomic E-state index is 11.4. The highest BCUT2D eigenvalue weighted by Crippen LogP contribution is 2.25. The number of benzene rings is 1. The molecule has 0 aliphatic rings. The zero-order valence-corrected chi connectivity index (χ0v) is 10.4. The molecule has 0 unspecified atom stereocenters. The van der Waals surface area contributed by atoms with E-state index in [0.29, 0.717) is 5.56 Å². The second-order valence-corrected chi connectivity index (χ2v) is 4.39. The average molecular weight is 260 g/mol. The van der Waals surface area contributed by atoms with Gasteiger partial charge in [0, 0.05) is 30.9 Å². The lowest BCUT2D eigenvalue weighted by atomic mass is 10.2. The van der Waals surface area contributed by atoms with Gasteiger partial charge in [0.1, 0.15) is 0 Å². The molecule has 0 N–H and O–H groups in total. The predicted molar refractivity (Wildman–Crippen MR) is 70.2 cm³/mol. The summed E-state index contributed by atoms with van der Waals surface area (Å²) in [6.45, 7) is 0. The van der Waals surface area contributed by atoms with E-state index in [0.717, 1.165) is 16.7 Å². The van der Waals surface area contributed by atoms with Crippen molar-refractivity contribution >= 4 is 27.7 Å². The minimum atomic E-state index is -0.458. The SMILES string of the molecule is Cn1ccc(-n2cc(C(=O)Cl)c3ccccc32)n1. The van der Waals surface area contributed by atoms with Crippen LogP contribution in [-0.4, -0.2) is 19.6 Å². The first-order valence-corrected chi connectivity index (χ1v) is 5.84. The van der Waals surface area contributed by atoms with Crippen molar-refractivity contribution in [3.63, 3.8) is 0 Å². The summed E-state index contributed by atoms with van der Waals surface area (Å²) in [4.78, 5) is 11.4. The maximum Gasteiger partial charge on any atom is 0.254 e. The van der Waals surface area contributed by atoms with Crippen molar-refractivity contribution in [2.75, 3.05) is 0 Å². The first-order chi connectivity index (χ1) is 8.66. The fourth-order valence-corrected chi connectivity index (χ4v) is 2.21. The van der Waals surface area contributed by atoms with Gasteiger partial charge < -0.3 is 0 Å². The van der Waals surface area contributed by atoms with Gasteiger partial charge in [0.25, 0.3) is 5.24 Å². The summed E-state index contributed by atoms with van der Waals surface area (Å²) >= 11 is 5.61. The lowest BCUT2D eigenvalue weighted by Gasteiger charge is -1.99. The molecule has 0 aliphatic carbocycles. The first kappa shape index (κ1) is 11.0. The van der Waals surface area contributed by atoms with Gasteiger partial charge in [-0.3, -0.25) is 14.0 Å². The molecule has 0 saturated carbocycles. The van der Waals surface area contributed by atoms with E-state index in [1.807, 2.05) is 48.1 Å². The van der Waals surface area contributed by atoms with Gasteiger partial charge >= 0.3 is 0 Å². The molecule has 0 atom stereocenters. The summed E-state index contributed by atoms with van der Waals surface area (Å²) in [5, 5.41) is 4.71. The molecule has 0 radical (unpaired) electrons. The Morgan fingerprint density at radius 2 is 2.06 bits per heavy atom. The summed E-state index contributed by atoms with van der Waals surface area (Å²) in [5.74, 6) is 0.762. The lowest BCUT2D eigenvalue weighted by molar-refractivity contribution is 0.108. The van der Waals surface area contributed by atoms with Gasteiger partial charge in [0.15, 0.2) is 5.82 Å². The monoisotopic (exact) mass is 259 g/mol. The zero-order valence-electron chi connectivity index (χ0n) is 9.67. The first-order valence-electron chi connectivity index (χ1n) is 5.47. The fourth-order valence-electron chi connectivity index (χ4n) is 2.06. The molecule has 2 heterocycles. The number of carbonyl (C=O) groups is 1. The Bertz CT molecular complexity index is 742. The summed E-state index contributed by atoms with van der Waals surface area (Å²) in [6.07, 6.45) is 3.58. The van der Waals surface area contributed by atoms with Crippen LogP contribution in [0.5, 0.6) is 0 Å². The number of hydrogen-bond acceptors (Lipinski definition) is 2. The van der Waals surface area contributed by atoms with E-state index in [2.05, 4.69) is 5.10 Å². The molecule has 0 bridgehead atoms. The Labute approximate surface area is 108 Å². The quantitative estimate of drug-likeness (QED) is 0.664. The number of halogens is 1. The van der Waals surface area contributed by atoms with Crippen LogP contribution in [0.15, 0.2) is 42.7 Å². The molecule has 5 heteroatoms. The van der Waals surface area contributed by atoms with E-state index in [-0.39, 0.29) is 0 Å². The standard InChI is InChI=1S/C13H10ClN3O/c1-16-7-6-12(15-16)17-8-10(13(14)18)9-4-2-3-5-11(9)17/h2-8H,1H3. The molecule has 0 saturated heterocycles. The number of hydrogen-bond donors (Lipinski definition) is 0. The van der Waals surface area contributed by atoms with Gasteiger partial charge in [-0.15, -0.1) is 0 Å². The van der Waals surface area contributed by atoms with Crippen LogP contribution in [0, 0.1) is 0 Å². The highest BCUT2D eigenvalue weighted by molar-refractivity contribution is 6.68. The Morgan fingerprint density at radius 1 is 1.28 bits per heavy atom. The van der Waals surface area contributed by atoms with E-state index in [9.17, 15) is 4.79 Å². The largest absolute Gasteiger partial charge is 0.299 e. The van der Waals surface area contributed by atoms with Gasteiger partial charge in [0.2, 0.25) is 0 Å². The van der Waals surface area contributed by atoms with Gasteiger partial charge in [-0.05, 0) is 17.7 Å². The van der Waals surface area contributed by atoms with Crippen LogP contribution in [0.25, 0.3) is 16.7 Å². The third-order valence-electron chi connectivity index (χ3n) is 2.87. The van der Waals surface area contributed by atoms with Gasteiger partial charge in [-0.25, -0.2) is 0 Å². The fraction of sp³-hybridized carbons (Fsp3) is 0.0769. The molecule has 0 fully saturated rings. The number of nitrogens with zero attached hydrogens (tertiary/aromatic N) is 3. The Hall–Kier alpha value is -2.07. The van der Waals surface area contributed by atoms with Crippen molar-refractivity contribution in [3.8, 4) is 5.82 Å². The smallest absolute Gasteiger partial charge is 0.254 e. The van der Waals surface area contributed by atoms with Gasteiger partial charge in [-0.2, -0.15) is 5.10 Å². The molecule has 0 spiro atoms. The minimum Gasteiger partial charge on any atom is -0.299 e. The molecule has 0 aliphatic heterocycles. The summed E-state index contributed by atoms with van der Waals surface area (Å²) in [6, 6.07) is 9.51. The van der Waals surface area contributed by atoms with Crippen LogP contribution < -0.4 is 0 Å². The number of para-hydroxylation sites is 1. The van der Waals surface area contributed by atoms with Crippen LogP contribution >= 0.6 is 11.6 Å². The molecule has 3 rings (SSSR count). The third-order valence-corrected chi connectivity index (χ3v) is 3.07.